The van der Waals surface area contributed by atoms with Crippen LogP contribution in [-0.4, -0.2) is 50.6 Å². The molecule has 3 heterocycles. The van der Waals surface area contributed by atoms with Crippen LogP contribution >= 0.6 is 0 Å². The minimum atomic E-state index is -1.47. The number of urea groups is 1. The first-order valence-electron chi connectivity index (χ1n) is 12.0. The van der Waals surface area contributed by atoms with Gasteiger partial charge in [-0.25, -0.2) is 9.69 Å². The van der Waals surface area contributed by atoms with Crippen molar-refractivity contribution in [2.75, 3.05) is 41.4 Å². The fourth-order valence-corrected chi connectivity index (χ4v) is 5.88. The zero-order chi connectivity index (χ0) is 24.9. The second kappa shape index (κ2) is 8.41. The van der Waals surface area contributed by atoms with Crippen LogP contribution in [0.1, 0.15) is 5.56 Å². The van der Waals surface area contributed by atoms with E-state index in [2.05, 4.69) is 15.1 Å². The van der Waals surface area contributed by atoms with Crippen LogP contribution in [0, 0.1) is 5.41 Å². The smallest absolute Gasteiger partial charge is 0.335 e. The van der Waals surface area contributed by atoms with Crippen molar-refractivity contribution >= 4 is 34.9 Å². The van der Waals surface area contributed by atoms with E-state index >= 15 is 0 Å². The lowest BCUT2D eigenvalue weighted by Gasteiger charge is -2.55. The molecule has 3 aliphatic heterocycles. The minimum absolute atomic E-state index is 0.214. The van der Waals surface area contributed by atoms with Crippen LogP contribution in [0.5, 0.6) is 5.75 Å². The van der Waals surface area contributed by atoms with Crippen molar-refractivity contribution in [2.24, 2.45) is 5.41 Å². The van der Waals surface area contributed by atoms with Gasteiger partial charge in [-0.1, -0.05) is 48.5 Å². The van der Waals surface area contributed by atoms with Crippen molar-refractivity contribution in [1.82, 2.24) is 5.32 Å². The maximum Gasteiger partial charge on any atom is 0.335 e. The molecule has 0 radical (unpaired) electrons. The number of para-hydroxylation sites is 4. The molecule has 2 fully saturated rings. The summed E-state index contributed by atoms with van der Waals surface area (Å²) >= 11 is 0. The summed E-state index contributed by atoms with van der Waals surface area (Å²) in [6.45, 7) is 1.73. The summed E-state index contributed by atoms with van der Waals surface area (Å²) in [6.07, 6.45) is 0.214. The molecule has 3 aliphatic rings. The van der Waals surface area contributed by atoms with Crippen LogP contribution in [0.2, 0.25) is 0 Å². The van der Waals surface area contributed by atoms with Crippen molar-refractivity contribution in [3.05, 3.63) is 84.4 Å². The summed E-state index contributed by atoms with van der Waals surface area (Å²) in [4.78, 5) is 46.5. The Hall–Kier alpha value is -4.33. The number of benzene rings is 3. The number of barbiturate groups is 1. The average molecular weight is 483 g/mol. The van der Waals surface area contributed by atoms with Crippen LogP contribution in [-0.2, 0) is 16.0 Å². The van der Waals surface area contributed by atoms with Crippen LogP contribution in [0.3, 0.4) is 0 Å². The molecular weight excluding hydrogens is 456 g/mol. The molecule has 1 spiro atoms. The topological polar surface area (TPSA) is 82.2 Å². The molecule has 0 aromatic heterocycles. The van der Waals surface area contributed by atoms with Crippen LogP contribution < -0.4 is 24.8 Å². The van der Waals surface area contributed by atoms with Gasteiger partial charge >= 0.3 is 6.03 Å². The van der Waals surface area contributed by atoms with E-state index in [9.17, 15) is 14.4 Å². The zero-order valence-corrected chi connectivity index (χ0v) is 19.9. The van der Waals surface area contributed by atoms with E-state index < -0.39 is 29.3 Å². The molecule has 2 saturated heterocycles. The van der Waals surface area contributed by atoms with Gasteiger partial charge in [-0.05, 0) is 42.3 Å². The van der Waals surface area contributed by atoms with Crippen molar-refractivity contribution in [3.8, 4) is 5.75 Å². The lowest BCUT2D eigenvalue weighted by molar-refractivity contribution is -0.144. The predicted molar refractivity (Wildman–Crippen MR) is 136 cm³/mol. The third-order valence-corrected chi connectivity index (χ3v) is 7.57. The molecule has 0 unspecified atom stereocenters. The van der Waals surface area contributed by atoms with Gasteiger partial charge in [0.1, 0.15) is 5.75 Å². The van der Waals surface area contributed by atoms with Crippen molar-refractivity contribution in [2.45, 2.75) is 12.5 Å². The Morgan fingerprint density at radius 3 is 2.33 bits per heavy atom. The maximum absolute atomic E-state index is 14.3. The number of amides is 4. The summed E-state index contributed by atoms with van der Waals surface area (Å²) in [7, 11) is 1.63. The Labute approximate surface area is 209 Å². The van der Waals surface area contributed by atoms with E-state index in [4.69, 9.17) is 4.74 Å². The first kappa shape index (κ1) is 22.2. The highest BCUT2D eigenvalue weighted by atomic mass is 16.5. The Morgan fingerprint density at radius 1 is 0.861 bits per heavy atom. The summed E-state index contributed by atoms with van der Waals surface area (Å²) in [5, 5.41) is 2.52. The summed E-state index contributed by atoms with van der Waals surface area (Å²) < 4.78 is 5.60. The molecule has 182 valence electrons. The number of imide groups is 2. The third-order valence-electron chi connectivity index (χ3n) is 7.57. The molecule has 4 amide bonds. The highest BCUT2D eigenvalue weighted by Crippen LogP contribution is 2.47. The second-order valence-electron chi connectivity index (χ2n) is 9.34. The van der Waals surface area contributed by atoms with Gasteiger partial charge < -0.3 is 14.5 Å². The Balaban J connectivity index is 1.49. The molecule has 0 saturated carbocycles. The number of piperazine rings is 1. The number of nitrogens with zero attached hydrogens (tertiary/aromatic N) is 3. The zero-order valence-electron chi connectivity index (χ0n) is 19.9. The monoisotopic (exact) mass is 482 g/mol. The lowest BCUT2D eigenvalue weighted by Crippen LogP contribution is -2.75. The van der Waals surface area contributed by atoms with Crippen LogP contribution in [0.15, 0.2) is 78.9 Å². The van der Waals surface area contributed by atoms with E-state index in [-0.39, 0.29) is 6.42 Å². The summed E-state index contributed by atoms with van der Waals surface area (Å²) in [6, 6.07) is 23.2. The van der Waals surface area contributed by atoms with Crippen LogP contribution in [0.4, 0.5) is 21.9 Å². The van der Waals surface area contributed by atoms with E-state index in [1.54, 1.807) is 31.4 Å². The predicted octanol–water partition coefficient (Wildman–Crippen LogP) is 3.22. The van der Waals surface area contributed by atoms with Gasteiger partial charge in [0.05, 0.1) is 24.5 Å². The van der Waals surface area contributed by atoms with E-state index in [1.165, 1.54) is 0 Å². The number of carbonyl (C=O) groups excluding carboxylic acids is 3. The molecule has 8 heteroatoms. The van der Waals surface area contributed by atoms with Crippen molar-refractivity contribution < 1.29 is 19.1 Å². The number of carbonyl (C=O) groups is 3. The first-order valence-corrected chi connectivity index (χ1v) is 12.0. The van der Waals surface area contributed by atoms with Gasteiger partial charge in [-0.2, -0.15) is 0 Å². The lowest BCUT2D eigenvalue weighted by atomic mass is 9.67. The molecular formula is C28H26N4O4. The standard InChI is InChI=1S/C28H26N4O4/c1-36-23-14-8-7-13-22(23)30-15-16-31-21-12-6-5-9-19(21)17-28(24(31)18-30)25(33)29-27(35)32(26(28)34)20-10-3-2-4-11-20/h2-14,24H,15-18H2,1H3,(H,29,33,35)/t24-,28+/m1/s1. The minimum Gasteiger partial charge on any atom is -0.495 e. The SMILES string of the molecule is COc1ccccc1N1CCN2c3ccccc3C[C@@]3(C(=O)NC(=O)N(c4ccccc4)C3=O)[C@H]2C1. The van der Waals surface area contributed by atoms with Crippen molar-refractivity contribution in [1.29, 1.82) is 0 Å². The fourth-order valence-electron chi connectivity index (χ4n) is 5.88. The number of rotatable bonds is 3. The number of hydrogen-bond donors (Lipinski definition) is 1. The number of hydrogen-bond acceptors (Lipinski definition) is 6. The van der Waals surface area contributed by atoms with Crippen LogP contribution in [0.25, 0.3) is 0 Å². The molecule has 8 nitrogen and oxygen atoms in total. The van der Waals surface area contributed by atoms with Gasteiger partial charge in [0.25, 0.3) is 5.91 Å². The highest BCUT2D eigenvalue weighted by molar-refractivity contribution is 6.30. The molecule has 3 aromatic rings. The number of nitrogens with one attached hydrogen (secondary N) is 1. The first-order chi connectivity index (χ1) is 17.5. The molecule has 1 N–H and O–H groups in total. The molecule has 36 heavy (non-hydrogen) atoms. The van der Waals surface area contributed by atoms with E-state index in [1.807, 2.05) is 54.6 Å². The fraction of sp³-hybridized carbons (Fsp3) is 0.250. The van der Waals surface area contributed by atoms with Gasteiger partial charge in [0, 0.05) is 25.3 Å². The highest BCUT2D eigenvalue weighted by Gasteiger charge is 2.63. The van der Waals surface area contributed by atoms with Gasteiger partial charge in [0.15, 0.2) is 5.41 Å². The molecule has 0 aliphatic carbocycles. The number of ether oxygens (including phenoxy) is 1. The summed E-state index contributed by atoms with van der Waals surface area (Å²) in [5.41, 5.74) is 1.82. The normalized spacial score (nSPS) is 23.3. The Kier molecular flexibility index (Phi) is 5.17. The third kappa shape index (κ3) is 3.17. The van der Waals surface area contributed by atoms with Crippen molar-refractivity contribution in [3.63, 3.8) is 0 Å². The number of fused-ring (bicyclic) bond motifs is 4. The molecule has 3 aromatic carbocycles. The van der Waals surface area contributed by atoms with Gasteiger partial charge in [-0.15, -0.1) is 0 Å². The largest absolute Gasteiger partial charge is 0.495 e. The average Bonchev–Trinajstić information content (AvgIpc) is 2.92. The maximum atomic E-state index is 14.3. The molecule has 6 rings (SSSR count). The quantitative estimate of drug-likeness (QED) is 0.578. The Bertz CT molecular complexity index is 1360. The number of methoxy groups -OCH3 is 1. The molecule has 2 atom stereocenters. The van der Waals surface area contributed by atoms with E-state index in [0.29, 0.717) is 25.3 Å². The summed E-state index contributed by atoms with van der Waals surface area (Å²) in [5.74, 6) is -0.304. The number of anilines is 3. The second-order valence-corrected chi connectivity index (χ2v) is 9.34. The van der Waals surface area contributed by atoms with E-state index in [0.717, 1.165) is 27.6 Å². The van der Waals surface area contributed by atoms with Gasteiger partial charge in [0.2, 0.25) is 5.91 Å². The Morgan fingerprint density at radius 2 is 1.56 bits per heavy atom. The van der Waals surface area contributed by atoms with Gasteiger partial charge in [-0.3, -0.25) is 14.9 Å². The molecule has 0 bridgehead atoms.